The number of nitrogens with zero attached hydrogens (tertiary/aromatic N) is 2. The molecule has 0 N–H and O–H groups in total. The average Bonchev–Trinajstić information content (AvgIpc) is 2.38. The molecule has 2 rings (SSSR count). The number of benzene rings is 1. The first-order valence-electron chi connectivity index (χ1n) is 5.68. The first kappa shape index (κ1) is 14.0. The topological polar surface area (TPSA) is 33.2 Å². The third-order valence-corrected chi connectivity index (χ3v) is 3.32. The van der Waals surface area contributed by atoms with Crippen LogP contribution in [-0.2, 0) is 6.54 Å². The molecule has 0 aliphatic rings. The van der Waals surface area contributed by atoms with Crippen molar-refractivity contribution >= 4 is 33.4 Å². The molecule has 5 heteroatoms. The maximum absolute atomic E-state index is 12.2. The van der Waals surface area contributed by atoms with Crippen molar-refractivity contribution in [3.05, 3.63) is 63.3 Å². The molecule has 1 heterocycles. The molecule has 0 spiro atoms. The van der Waals surface area contributed by atoms with Gasteiger partial charge in [0.25, 0.3) is 5.91 Å². The molecule has 0 unspecified atom stereocenters. The zero-order valence-electron chi connectivity index (χ0n) is 10.3. The number of hydrogen-bond donors (Lipinski definition) is 0. The second-order valence-electron chi connectivity index (χ2n) is 4.15. The van der Waals surface area contributed by atoms with Gasteiger partial charge in [0.2, 0.25) is 0 Å². The van der Waals surface area contributed by atoms with Crippen molar-refractivity contribution in [2.45, 2.75) is 6.54 Å². The summed E-state index contributed by atoms with van der Waals surface area (Å²) in [6, 6.07) is 11.1. The Morgan fingerprint density at radius 1 is 1.37 bits per heavy atom. The summed E-state index contributed by atoms with van der Waals surface area (Å²) in [4.78, 5) is 17.8. The summed E-state index contributed by atoms with van der Waals surface area (Å²) in [7, 11) is 1.74. The standard InChI is InChI=1S/C14H12BrClN2O/c1-18(9-10-3-2-4-11(15)7-10)14(19)13-8-12(16)5-6-17-13/h2-8H,9H2,1H3. The summed E-state index contributed by atoms with van der Waals surface area (Å²) in [6.07, 6.45) is 1.53. The number of halogens is 2. The Morgan fingerprint density at radius 2 is 2.16 bits per heavy atom. The molecule has 98 valence electrons. The lowest BCUT2D eigenvalue weighted by atomic mass is 10.2. The Bertz CT molecular complexity index is 604. The fraction of sp³-hybridized carbons (Fsp3) is 0.143. The Kier molecular flexibility index (Phi) is 4.56. The first-order valence-corrected chi connectivity index (χ1v) is 6.85. The molecule has 3 nitrogen and oxygen atoms in total. The van der Waals surface area contributed by atoms with Crippen LogP contribution in [0.4, 0.5) is 0 Å². The maximum Gasteiger partial charge on any atom is 0.272 e. The molecule has 1 amide bonds. The predicted molar refractivity (Wildman–Crippen MR) is 79.2 cm³/mol. The molecule has 0 saturated heterocycles. The van der Waals surface area contributed by atoms with E-state index >= 15 is 0 Å². The van der Waals surface area contributed by atoms with Crippen molar-refractivity contribution in [1.82, 2.24) is 9.88 Å². The van der Waals surface area contributed by atoms with Crippen LogP contribution < -0.4 is 0 Å². The highest BCUT2D eigenvalue weighted by Gasteiger charge is 2.13. The molecule has 2 aromatic rings. The molecule has 0 bridgehead atoms. The van der Waals surface area contributed by atoms with Crippen LogP contribution >= 0.6 is 27.5 Å². The van der Waals surface area contributed by atoms with Crippen molar-refractivity contribution < 1.29 is 4.79 Å². The van der Waals surface area contributed by atoms with Crippen molar-refractivity contribution in [2.75, 3.05) is 7.05 Å². The molecule has 0 aliphatic carbocycles. The molecule has 0 saturated carbocycles. The van der Waals surface area contributed by atoms with E-state index in [9.17, 15) is 4.79 Å². The second kappa shape index (κ2) is 6.17. The van der Waals surface area contributed by atoms with Gasteiger partial charge in [-0.15, -0.1) is 0 Å². The van der Waals surface area contributed by atoms with Gasteiger partial charge in [-0.3, -0.25) is 9.78 Å². The zero-order valence-corrected chi connectivity index (χ0v) is 12.6. The number of carbonyl (C=O) groups excluding carboxylic acids is 1. The van der Waals surface area contributed by atoms with Crippen LogP contribution in [0.2, 0.25) is 5.02 Å². The Morgan fingerprint density at radius 3 is 2.84 bits per heavy atom. The summed E-state index contributed by atoms with van der Waals surface area (Å²) in [5, 5.41) is 0.509. The Labute approximate surface area is 125 Å². The highest BCUT2D eigenvalue weighted by molar-refractivity contribution is 9.10. The molecular weight excluding hydrogens is 328 g/mol. The van der Waals surface area contributed by atoms with Gasteiger partial charge in [0.05, 0.1) is 0 Å². The molecule has 0 radical (unpaired) electrons. The van der Waals surface area contributed by atoms with E-state index in [2.05, 4.69) is 20.9 Å². The van der Waals surface area contributed by atoms with E-state index in [1.807, 2.05) is 24.3 Å². The number of aromatic nitrogens is 1. The van der Waals surface area contributed by atoms with Crippen molar-refractivity contribution in [3.63, 3.8) is 0 Å². The molecule has 0 atom stereocenters. The van der Waals surface area contributed by atoms with Gasteiger partial charge in [-0.25, -0.2) is 0 Å². The van der Waals surface area contributed by atoms with Crippen molar-refractivity contribution in [2.24, 2.45) is 0 Å². The third-order valence-electron chi connectivity index (χ3n) is 2.60. The summed E-state index contributed by atoms with van der Waals surface area (Å²) in [5.74, 6) is -0.150. The van der Waals surface area contributed by atoms with E-state index in [0.717, 1.165) is 10.0 Å². The Balaban J connectivity index is 2.12. The summed E-state index contributed by atoms with van der Waals surface area (Å²) < 4.78 is 0.992. The average molecular weight is 340 g/mol. The van der Waals surface area contributed by atoms with Gasteiger partial charge < -0.3 is 4.90 Å². The smallest absolute Gasteiger partial charge is 0.272 e. The van der Waals surface area contributed by atoms with Crippen LogP contribution in [0.1, 0.15) is 16.1 Å². The monoisotopic (exact) mass is 338 g/mol. The fourth-order valence-electron chi connectivity index (χ4n) is 1.70. The number of pyridine rings is 1. The second-order valence-corrected chi connectivity index (χ2v) is 5.50. The van der Waals surface area contributed by atoms with Crippen LogP contribution in [-0.4, -0.2) is 22.8 Å². The van der Waals surface area contributed by atoms with Crippen LogP contribution in [0.25, 0.3) is 0 Å². The van der Waals surface area contributed by atoms with Gasteiger partial charge in [-0.2, -0.15) is 0 Å². The van der Waals surface area contributed by atoms with Crippen molar-refractivity contribution in [1.29, 1.82) is 0 Å². The fourth-order valence-corrected chi connectivity index (χ4v) is 2.30. The number of rotatable bonds is 3. The van der Waals surface area contributed by atoms with Crippen LogP contribution in [0, 0.1) is 0 Å². The van der Waals surface area contributed by atoms with E-state index in [4.69, 9.17) is 11.6 Å². The summed E-state index contributed by atoms with van der Waals surface area (Å²) in [6.45, 7) is 0.520. The van der Waals surface area contributed by atoms with Gasteiger partial charge in [0.15, 0.2) is 0 Å². The van der Waals surface area contributed by atoms with Gasteiger partial charge in [0, 0.05) is 29.3 Å². The van der Waals surface area contributed by atoms with Gasteiger partial charge in [-0.1, -0.05) is 39.7 Å². The van der Waals surface area contributed by atoms with Gasteiger partial charge in [0.1, 0.15) is 5.69 Å². The van der Waals surface area contributed by atoms with Gasteiger partial charge >= 0.3 is 0 Å². The normalized spacial score (nSPS) is 10.3. The SMILES string of the molecule is CN(Cc1cccc(Br)c1)C(=O)c1cc(Cl)ccn1. The van der Waals surface area contributed by atoms with E-state index in [1.165, 1.54) is 6.20 Å². The van der Waals surface area contributed by atoms with Gasteiger partial charge in [-0.05, 0) is 29.8 Å². The lowest BCUT2D eigenvalue weighted by Crippen LogP contribution is -2.26. The molecule has 1 aromatic carbocycles. The molecule has 0 fully saturated rings. The number of carbonyl (C=O) groups is 1. The zero-order chi connectivity index (χ0) is 13.8. The van der Waals surface area contributed by atoms with Crippen molar-refractivity contribution in [3.8, 4) is 0 Å². The summed E-state index contributed by atoms with van der Waals surface area (Å²) >= 11 is 9.27. The van der Waals surface area contributed by atoms with Crippen LogP contribution in [0.15, 0.2) is 47.1 Å². The molecule has 0 aliphatic heterocycles. The molecule has 1 aromatic heterocycles. The summed E-state index contributed by atoms with van der Waals surface area (Å²) in [5.41, 5.74) is 1.40. The minimum Gasteiger partial charge on any atom is -0.336 e. The third kappa shape index (κ3) is 3.78. The number of hydrogen-bond acceptors (Lipinski definition) is 2. The maximum atomic E-state index is 12.2. The molecule has 19 heavy (non-hydrogen) atoms. The van der Waals surface area contributed by atoms with Crippen LogP contribution in [0.3, 0.4) is 0 Å². The predicted octanol–water partition coefficient (Wildman–Crippen LogP) is 3.77. The van der Waals surface area contributed by atoms with E-state index in [0.29, 0.717) is 17.3 Å². The largest absolute Gasteiger partial charge is 0.336 e. The molecular formula is C14H12BrClN2O. The highest BCUT2D eigenvalue weighted by atomic mass is 79.9. The minimum absolute atomic E-state index is 0.150. The first-order chi connectivity index (χ1) is 9.06. The van der Waals surface area contributed by atoms with E-state index < -0.39 is 0 Å². The van der Waals surface area contributed by atoms with E-state index in [-0.39, 0.29) is 5.91 Å². The lowest BCUT2D eigenvalue weighted by molar-refractivity contribution is 0.0779. The number of amides is 1. The minimum atomic E-state index is -0.150. The highest BCUT2D eigenvalue weighted by Crippen LogP contribution is 2.15. The van der Waals surface area contributed by atoms with Crippen LogP contribution in [0.5, 0.6) is 0 Å². The quantitative estimate of drug-likeness (QED) is 0.853. The van der Waals surface area contributed by atoms with E-state index in [1.54, 1.807) is 24.1 Å². The Hall–Kier alpha value is -1.39. The lowest BCUT2D eigenvalue weighted by Gasteiger charge is -2.17.